The highest BCUT2D eigenvalue weighted by molar-refractivity contribution is 8.00. The number of aliphatic hydroxyl groups excluding tert-OH is 1. The zero-order valence-electron chi connectivity index (χ0n) is 15.7. The molecule has 154 valence electrons. The normalized spacial score (nSPS) is 23.1. The Morgan fingerprint density at radius 3 is 2.86 bits per heavy atom. The van der Waals surface area contributed by atoms with E-state index in [0.29, 0.717) is 23.6 Å². The molecular formula is C19H23F3N2O3S. The number of halogens is 3. The molecule has 1 aliphatic heterocycles. The molecule has 2 unspecified atom stereocenters. The predicted octanol–water partition coefficient (Wildman–Crippen LogP) is 4.40. The van der Waals surface area contributed by atoms with Crippen LogP contribution in [0, 0.1) is 0 Å². The maximum atomic E-state index is 13.0. The van der Waals surface area contributed by atoms with E-state index < -0.39 is 11.7 Å². The van der Waals surface area contributed by atoms with E-state index in [2.05, 4.69) is 5.10 Å². The Labute approximate surface area is 165 Å². The van der Waals surface area contributed by atoms with Crippen LogP contribution in [0.3, 0.4) is 0 Å². The van der Waals surface area contributed by atoms with Gasteiger partial charge in [0.15, 0.2) is 0 Å². The molecule has 2 atom stereocenters. The first kappa shape index (κ1) is 21.2. The molecular weight excluding hydrogens is 393 g/mol. The highest BCUT2D eigenvalue weighted by Crippen LogP contribution is 2.46. The van der Waals surface area contributed by atoms with Crippen molar-refractivity contribution in [3.8, 4) is 0 Å². The van der Waals surface area contributed by atoms with Gasteiger partial charge in [-0.2, -0.15) is 18.3 Å². The number of alkyl halides is 3. The lowest BCUT2D eigenvalue weighted by Gasteiger charge is -2.38. The number of rotatable bonds is 6. The number of aromatic nitrogens is 2. The molecule has 1 aromatic carbocycles. The summed E-state index contributed by atoms with van der Waals surface area (Å²) in [6.45, 7) is 2.57. The van der Waals surface area contributed by atoms with Gasteiger partial charge in [-0.1, -0.05) is 6.07 Å². The van der Waals surface area contributed by atoms with Crippen LogP contribution in [0.25, 0.3) is 0 Å². The van der Waals surface area contributed by atoms with E-state index in [4.69, 9.17) is 9.47 Å². The maximum absolute atomic E-state index is 13.0. The first-order valence-electron chi connectivity index (χ1n) is 8.88. The second-order valence-corrected chi connectivity index (χ2v) is 8.69. The number of benzene rings is 1. The minimum atomic E-state index is -4.36. The summed E-state index contributed by atoms with van der Waals surface area (Å²) < 4.78 is 51.5. The van der Waals surface area contributed by atoms with Crippen molar-refractivity contribution in [3.05, 3.63) is 47.3 Å². The van der Waals surface area contributed by atoms with Crippen LogP contribution < -0.4 is 0 Å². The van der Waals surface area contributed by atoms with Crippen molar-refractivity contribution in [2.45, 2.75) is 55.0 Å². The largest absolute Gasteiger partial charge is 0.416 e. The second kappa shape index (κ2) is 8.44. The minimum Gasteiger partial charge on any atom is -0.390 e. The smallest absolute Gasteiger partial charge is 0.390 e. The van der Waals surface area contributed by atoms with Crippen LogP contribution in [0.15, 0.2) is 35.2 Å². The summed E-state index contributed by atoms with van der Waals surface area (Å²) in [4.78, 5) is 0.583. The Bertz CT molecular complexity index is 812. The second-order valence-electron chi connectivity index (χ2n) is 7.03. The van der Waals surface area contributed by atoms with Crippen molar-refractivity contribution in [1.82, 2.24) is 9.78 Å². The molecule has 1 fully saturated rings. The maximum Gasteiger partial charge on any atom is 0.416 e. The summed E-state index contributed by atoms with van der Waals surface area (Å²) in [6, 6.07) is 7.20. The molecule has 1 aliphatic rings. The molecule has 28 heavy (non-hydrogen) atoms. The molecule has 0 aliphatic carbocycles. The number of aliphatic hydroxyl groups is 1. The average molecular weight is 416 g/mol. The van der Waals surface area contributed by atoms with Gasteiger partial charge in [0.05, 0.1) is 23.6 Å². The predicted molar refractivity (Wildman–Crippen MR) is 98.8 cm³/mol. The van der Waals surface area contributed by atoms with Crippen LogP contribution in [0.5, 0.6) is 0 Å². The molecule has 5 nitrogen and oxygen atoms in total. The van der Waals surface area contributed by atoms with Gasteiger partial charge in [0.25, 0.3) is 0 Å². The zero-order chi connectivity index (χ0) is 20.4. The summed E-state index contributed by atoms with van der Waals surface area (Å²) in [5.74, 6) is 0. The molecule has 0 radical (unpaired) electrons. The molecule has 2 heterocycles. The summed E-state index contributed by atoms with van der Waals surface area (Å²) >= 11 is 1.44. The van der Waals surface area contributed by atoms with E-state index >= 15 is 0 Å². The topological polar surface area (TPSA) is 56.5 Å². The van der Waals surface area contributed by atoms with Gasteiger partial charge in [0.2, 0.25) is 0 Å². The van der Waals surface area contributed by atoms with E-state index in [1.165, 1.54) is 23.9 Å². The SMILES string of the molecule is COCn1nc(CO)cc1C1CC(C)(Sc2cccc(C(F)(F)F)c2)CCO1. The van der Waals surface area contributed by atoms with E-state index in [9.17, 15) is 18.3 Å². The van der Waals surface area contributed by atoms with Crippen molar-refractivity contribution < 1.29 is 27.8 Å². The molecule has 1 N–H and O–H groups in total. The van der Waals surface area contributed by atoms with Crippen LogP contribution in [-0.2, 0) is 29.0 Å². The summed E-state index contributed by atoms with van der Waals surface area (Å²) in [6.07, 6.45) is -3.31. The monoisotopic (exact) mass is 416 g/mol. The third kappa shape index (κ3) is 4.89. The van der Waals surface area contributed by atoms with Crippen molar-refractivity contribution in [1.29, 1.82) is 0 Å². The molecule has 0 spiro atoms. The number of ether oxygens (including phenoxy) is 2. The highest BCUT2D eigenvalue weighted by atomic mass is 32.2. The van der Waals surface area contributed by atoms with Crippen molar-refractivity contribution in [2.75, 3.05) is 13.7 Å². The minimum absolute atomic E-state index is 0.188. The molecule has 0 bridgehead atoms. The highest BCUT2D eigenvalue weighted by Gasteiger charge is 2.37. The Kier molecular flexibility index (Phi) is 6.38. The van der Waals surface area contributed by atoms with Gasteiger partial charge in [-0.15, -0.1) is 11.8 Å². The van der Waals surface area contributed by atoms with Crippen LogP contribution >= 0.6 is 11.8 Å². The van der Waals surface area contributed by atoms with Gasteiger partial charge in [0.1, 0.15) is 12.8 Å². The molecule has 2 aromatic rings. The third-order valence-electron chi connectivity index (χ3n) is 4.70. The fourth-order valence-electron chi connectivity index (χ4n) is 3.32. The number of methoxy groups -OCH3 is 1. The molecule has 0 amide bonds. The van der Waals surface area contributed by atoms with Crippen LogP contribution in [-0.4, -0.2) is 33.4 Å². The molecule has 1 aromatic heterocycles. The van der Waals surface area contributed by atoms with Gasteiger partial charge in [-0.25, -0.2) is 4.68 Å². The molecule has 1 saturated heterocycles. The third-order valence-corrected chi connectivity index (χ3v) is 6.05. The lowest BCUT2D eigenvalue weighted by atomic mass is 9.94. The number of hydrogen-bond acceptors (Lipinski definition) is 5. The van der Waals surface area contributed by atoms with Gasteiger partial charge in [0, 0.05) is 23.4 Å². The van der Waals surface area contributed by atoms with Crippen LogP contribution in [0.4, 0.5) is 13.2 Å². The van der Waals surface area contributed by atoms with Gasteiger partial charge in [-0.3, -0.25) is 0 Å². The fourth-order valence-corrected chi connectivity index (χ4v) is 4.64. The zero-order valence-corrected chi connectivity index (χ0v) is 16.5. The van der Waals surface area contributed by atoms with Crippen molar-refractivity contribution >= 4 is 11.8 Å². The molecule has 9 heteroatoms. The van der Waals surface area contributed by atoms with Gasteiger partial charge >= 0.3 is 6.18 Å². The average Bonchev–Trinajstić information content (AvgIpc) is 3.04. The van der Waals surface area contributed by atoms with Crippen LogP contribution in [0.1, 0.15) is 42.8 Å². The lowest BCUT2D eigenvalue weighted by molar-refractivity contribution is -0.137. The van der Waals surface area contributed by atoms with Crippen LogP contribution in [0.2, 0.25) is 0 Å². The molecule has 3 rings (SSSR count). The summed E-state index contributed by atoms with van der Waals surface area (Å²) in [5, 5.41) is 13.7. The molecule has 0 saturated carbocycles. The van der Waals surface area contributed by atoms with E-state index in [1.807, 2.05) is 6.92 Å². The standard InChI is InChI=1S/C19H23F3N2O3S/c1-18(28-15-5-3-4-13(8-15)19(20,21)22)6-7-27-17(10-18)16-9-14(11-25)23-24(16)12-26-2/h3-5,8-9,17,25H,6-7,10-12H2,1-2H3. The lowest BCUT2D eigenvalue weighted by Crippen LogP contribution is -2.32. The van der Waals surface area contributed by atoms with Crippen molar-refractivity contribution in [3.63, 3.8) is 0 Å². The summed E-state index contributed by atoms with van der Waals surface area (Å²) in [5.41, 5.74) is 0.672. The van der Waals surface area contributed by atoms with Crippen molar-refractivity contribution in [2.24, 2.45) is 0 Å². The Morgan fingerprint density at radius 2 is 2.18 bits per heavy atom. The Hall–Kier alpha value is -1.55. The first-order valence-corrected chi connectivity index (χ1v) is 9.70. The number of thioether (sulfide) groups is 1. The van der Waals surface area contributed by atoms with Gasteiger partial charge < -0.3 is 14.6 Å². The van der Waals surface area contributed by atoms with E-state index in [0.717, 1.165) is 18.2 Å². The Balaban J connectivity index is 1.80. The van der Waals surface area contributed by atoms with E-state index in [-0.39, 0.29) is 24.2 Å². The Morgan fingerprint density at radius 1 is 1.39 bits per heavy atom. The van der Waals surface area contributed by atoms with E-state index in [1.54, 1.807) is 23.9 Å². The van der Waals surface area contributed by atoms with Gasteiger partial charge in [-0.05, 0) is 44.0 Å². The number of nitrogens with zero attached hydrogens (tertiary/aromatic N) is 2. The fraction of sp³-hybridized carbons (Fsp3) is 0.526. The summed E-state index contributed by atoms with van der Waals surface area (Å²) in [7, 11) is 1.55. The first-order chi connectivity index (χ1) is 13.2. The number of hydrogen-bond donors (Lipinski definition) is 1. The quantitative estimate of drug-likeness (QED) is 0.757.